The van der Waals surface area contributed by atoms with Crippen molar-refractivity contribution >= 4 is 5.91 Å². The molecule has 2 aromatic rings. The first-order valence-electron chi connectivity index (χ1n) is 7.52. The van der Waals surface area contributed by atoms with Crippen molar-refractivity contribution in [2.75, 3.05) is 6.61 Å². The third-order valence-corrected chi connectivity index (χ3v) is 4.11. The second-order valence-corrected chi connectivity index (χ2v) is 5.69. The number of hydrogen-bond acceptors (Lipinski definition) is 3. The lowest BCUT2D eigenvalue weighted by Gasteiger charge is -2.31. The van der Waals surface area contributed by atoms with Gasteiger partial charge in [0.1, 0.15) is 24.3 Å². The van der Waals surface area contributed by atoms with Gasteiger partial charge in [-0.1, -0.05) is 30.3 Å². The van der Waals surface area contributed by atoms with Crippen LogP contribution in [0.3, 0.4) is 0 Å². The van der Waals surface area contributed by atoms with Crippen LogP contribution in [0.5, 0.6) is 5.75 Å². The quantitative estimate of drug-likeness (QED) is 0.915. The van der Waals surface area contributed by atoms with Gasteiger partial charge in [-0.25, -0.2) is 4.39 Å². The van der Waals surface area contributed by atoms with Gasteiger partial charge in [0, 0.05) is 5.56 Å². The van der Waals surface area contributed by atoms with Crippen molar-refractivity contribution in [1.82, 2.24) is 5.32 Å². The Balaban J connectivity index is 1.72. The Morgan fingerprint density at radius 2 is 2.04 bits per heavy atom. The first kappa shape index (κ1) is 15.5. The van der Waals surface area contributed by atoms with Crippen LogP contribution >= 0.6 is 0 Å². The highest BCUT2D eigenvalue weighted by atomic mass is 19.1. The van der Waals surface area contributed by atoms with E-state index in [-0.39, 0.29) is 18.4 Å². The van der Waals surface area contributed by atoms with Gasteiger partial charge in [-0.2, -0.15) is 0 Å². The van der Waals surface area contributed by atoms with Crippen LogP contribution in [0, 0.1) is 5.82 Å². The number of fused-ring (bicyclic) bond motifs is 1. The van der Waals surface area contributed by atoms with Crippen molar-refractivity contribution in [3.8, 4) is 5.75 Å². The minimum atomic E-state index is -0.999. The van der Waals surface area contributed by atoms with Gasteiger partial charge < -0.3 is 15.2 Å². The van der Waals surface area contributed by atoms with Gasteiger partial charge in [0.05, 0.1) is 12.0 Å². The van der Waals surface area contributed by atoms with E-state index in [9.17, 15) is 14.3 Å². The maximum absolute atomic E-state index is 13.4. The summed E-state index contributed by atoms with van der Waals surface area (Å²) in [5.41, 5.74) is 1.25. The molecule has 3 rings (SSSR count). The highest BCUT2D eigenvalue weighted by Crippen LogP contribution is 2.32. The fourth-order valence-electron chi connectivity index (χ4n) is 2.69. The van der Waals surface area contributed by atoms with Gasteiger partial charge in [-0.05, 0) is 30.7 Å². The smallest absolute Gasteiger partial charge is 0.227 e. The number of carbonyl (C=O) groups is 1. The van der Waals surface area contributed by atoms with Gasteiger partial charge >= 0.3 is 0 Å². The van der Waals surface area contributed by atoms with Crippen LogP contribution < -0.4 is 10.1 Å². The molecule has 1 amide bonds. The molecule has 2 aromatic carbocycles. The van der Waals surface area contributed by atoms with E-state index in [4.69, 9.17) is 4.74 Å². The van der Waals surface area contributed by atoms with E-state index in [0.29, 0.717) is 11.3 Å². The summed E-state index contributed by atoms with van der Waals surface area (Å²) in [6.45, 7) is 1.95. The van der Waals surface area contributed by atoms with Gasteiger partial charge in [0.25, 0.3) is 0 Å². The molecule has 1 aliphatic heterocycles. The van der Waals surface area contributed by atoms with Gasteiger partial charge in [0.15, 0.2) is 0 Å². The summed E-state index contributed by atoms with van der Waals surface area (Å²) in [5, 5.41) is 13.2. The van der Waals surface area contributed by atoms with Crippen molar-refractivity contribution in [2.45, 2.75) is 25.0 Å². The molecule has 0 aliphatic carbocycles. The number of halogens is 1. The van der Waals surface area contributed by atoms with Crippen molar-refractivity contribution in [3.05, 3.63) is 65.5 Å². The number of benzene rings is 2. The van der Waals surface area contributed by atoms with E-state index in [0.717, 1.165) is 5.56 Å². The monoisotopic (exact) mass is 315 g/mol. The lowest BCUT2D eigenvalue weighted by molar-refractivity contribution is -0.124. The Hall–Kier alpha value is -2.40. The Morgan fingerprint density at radius 1 is 1.30 bits per heavy atom. The summed E-state index contributed by atoms with van der Waals surface area (Å²) in [7, 11) is 0. The molecule has 1 heterocycles. The average Bonchev–Trinajstić information content (AvgIpc) is 2.58. The standard InChI is InChI=1S/C18H18FNO3/c1-11(12-5-3-2-4-6-12)18(22)20-15-10-23-16-8-7-13(19)9-14(16)17(15)21/h2-9,11,15,17,21H,10H2,1H3,(H,20,22)/t11?,15-,17+/m1/s1. The van der Waals surface area contributed by atoms with E-state index in [1.165, 1.54) is 18.2 Å². The molecule has 0 bridgehead atoms. The van der Waals surface area contributed by atoms with Gasteiger partial charge in [-0.15, -0.1) is 0 Å². The molecule has 1 unspecified atom stereocenters. The van der Waals surface area contributed by atoms with E-state index >= 15 is 0 Å². The zero-order valence-electron chi connectivity index (χ0n) is 12.7. The Labute approximate surface area is 133 Å². The molecule has 0 saturated heterocycles. The molecule has 1 aliphatic rings. The Kier molecular flexibility index (Phi) is 4.30. The molecule has 2 N–H and O–H groups in total. The van der Waals surface area contributed by atoms with E-state index in [1.54, 1.807) is 6.92 Å². The predicted molar refractivity (Wildman–Crippen MR) is 83.6 cm³/mol. The summed E-state index contributed by atoms with van der Waals surface area (Å²) in [5.74, 6) is -0.558. The lowest BCUT2D eigenvalue weighted by atomic mass is 9.96. The zero-order chi connectivity index (χ0) is 16.4. The molecule has 0 fully saturated rings. The number of carbonyl (C=O) groups excluding carboxylic acids is 1. The second kappa shape index (κ2) is 6.38. The first-order valence-corrected chi connectivity index (χ1v) is 7.52. The van der Waals surface area contributed by atoms with E-state index < -0.39 is 18.0 Å². The fraction of sp³-hybridized carbons (Fsp3) is 0.278. The van der Waals surface area contributed by atoms with Crippen LogP contribution in [0.15, 0.2) is 48.5 Å². The molecular weight excluding hydrogens is 297 g/mol. The topological polar surface area (TPSA) is 58.6 Å². The first-order chi connectivity index (χ1) is 11.1. The molecule has 4 nitrogen and oxygen atoms in total. The van der Waals surface area contributed by atoms with Crippen LogP contribution in [0.2, 0.25) is 0 Å². The van der Waals surface area contributed by atoms with Crippen molar-refractivity contribution in [2.24, 2.45) is 0 Å². The summed E-state index contributed by atoms with van der Waals surface area (Å²) in [6, 6.07) is 12.8. The number of aliphatic hydroxyl groups is 1. The van der Waals surface area contributed by atoms with Crippen molar-refractivity contribution in [3.63, 3.8) is 0 Å². The number of aliphatic hydroxyl groups excluding tert-OH is 1. The molecule has 0 radical (unpaired) electrons. The number of rotatable bonds is 3. The number of nitrogens with one attached hydrogen (secondary N) is 1. The minimum absolute atomic E-state index is 0.146. The molecule has 23 heavy (non-hydrogen) atoms. The largest absolute Gasteiger partial charge is 0.491 e. The SMILES string of the molecule is CC(C(=O)N[C@@H]1COc2ccc(F)cc2[C@@H]1O)c1ccccc1. The van der Waals surface area contributed by atoms with E-state index in [1.807, 2.05) is 30.3 Å². The highest BCUT2D eigenvalue weighted by Gasteiger charge is 2.32. The summed E-state index contributed by atoms with van der Waals surface area (Å²) < 4.78 is 18.9. The van der Waals surface area contributed by atoms with Crippen LogP contribution in [-0.2, 0) is 4.79 Å². The normalized spacial score (nSPS) is 21.0. The third kappa shape index (κ3) is 3.19. The van der Waals surface area contributed by atoms with Crippen LogP contribution in [-0.4, -0.2) is 23.7 Å². The lowest BCUT2D eigenvalue weighted by Crippen LogP contribution is -2.46. The molecule has 3 atom stereocenters. The number of ether oxygens (including phenoxy) is 1. The van der Waals surface area contributed by atoms with Gasteiger partial charge in [-0.3, -0.25) is 4.79 Å². The third-order valence-electron chi connectivity index (χ3n) is 4.11. The highest BCUT2D eigenvalue weighted by molar-refractivity contribution is 5.83. The Bertz CT molecular complexity index is 705. The van der Waals surface area contributed by atoms with Crippen molar-refractivity contribution < 1.29 is 19.0 Å². The van der Waals surface area contributed by atoms with Crippen LogP contribution in [0.4, 0.5) is 4.39 Å². The minimum Gasteiger partial charge on any atom is -0.491 e. The second-order valence-electron chi connectivity index (χ2n) is 5.69. The molecular formula is C18H18FNO3. The Morgan fingerprint density at radius 3 is 2.78 bits per heavy atom. The number of hydrogen-bond donors (Lipinski definition) is 2. The molecule has 0 saturated carbocycles. The van der Waals surface area contributed by atoms with E-state index in [2.05, 4.69) is 5.32 Å². The maximum Gasteiger partial charge on any atom is 0.227 e. The molecule has 120 valence electrons. The summed E-state index contributed by atoms with van der Waals surface area (Å²) in [4.78, 5) is 12.4. The number of amides is 1. The van der Waals surface area contributed by atoms with Crippen molar-refractivity contribution in [1.29, 1.82) is 0 Å². The predicted octanol–water partition coefficient (Wildman–Crippen LogP) is 2.54. The molecule has 0 aromatic heterocycles. The molecule has 0 spiro atoms. The zero-order valence-corrected chi connectivity index (χ0v) is 12.7. The average molecular weight is 315 g/mol. The summed E-state index contributed by atoms with van der Waals surface area (Å²) >= 11 is 0. The maximum atomic E-state index is 13.4. The molecule has 5 heteroatoms. The fourth-order valence-corrected chi connectivity index (χ4v) is 2.69. The summed E-state index contributed by atoms with van der Waals surface area (Å²) in [6.07, 6.45) is -0.999. The van der Waals surface area contributed by atoms with Gasteiger partial charge in [0.2, 0.25) is 5.91 Å². The van der Waals surface area contributed by atoms with Crippen LogP contribution in [0.25, 0.3) is 0 Å². The van der Waals surface area contributed by atoms with Crippen LogP contribution in [0.1, 0.15) is 30.1 Å².